The van der Waals surface area contributed by atoms with Gasteiger partial charge in [0.15, 0.2) is 0 Å². The molecule has 154 valence electrons. The van der Waals surface area contributed by atoms with Gasteiger partial charge in [0, 0.05) is 25.7 Å². The quantitative estimate of drug-likeness (QED) is 0.557. The number of hydrogen-bond acceptors (Lipinski definition) is 4. The molecule has 28 heavy (non-hydrogen) atoms. The van der Waals surface area contributed by atoms with Gasteiger partial charge in [0.2, 0.25) is 0 Å². The molecule has 1 aromatic carbocycles. The van der Waals surface area contributed by atoms with Crippen molar-refractivity contribution in [2.45, 2.75) is 57.1 Å². The molecule has 1 saturated heterocycles. The van der Waals surface area contributed by atoms with Crippen molar-refractivity contribution in [3.05, 3.63) is 35.9 Å². The molecular weight excluding hydrogens is 354 g/mol. The number of rotatable bonds is 7. The van der Waals surface area contributed by atoms with Gasteiger partial charge in [0.05, 0.1) is 12.7 Å². The first-order valence-corrected chi connectivity index (χ1v) is 10.7. The molecule has 2 amide bonds. The number of unbranched alkanes of at least 4 members (excludes halogenated alkanes) is 1. The lowest BCUT2D eigenvalue weighted by Crippen LogP contribution is -2.45. The maximum Gasteiger partial charge on any atom is 0.309 e. The maximum absolute atomic E-state index is 11.9. The van der Waals surface area contributed by atoms with E-state index < -0.39 is 11.8 Å². The van der Waals surface area contributed by atoms with Crippen molar-refractivity contribution in [3.63, 3.8) is 0 Å². The fourth-order valence-corrected chi connectivity index (χ4v) is 4.02. The fourth-order valence-electron chi connectivity index (χ4n) is 4.02. The molecule has 0 radical (unpaired) electrons. The van der Waals surface area contributed by atoms with E-state index in [2.05, 4.69) is 27.7 Å². The highest BCUT2D eigenvalue weighted by atomic mass is 16.5. The molecule has 1 atom stereocenters. The number of amides is 2. The minimum absolute atomic E-state index is 0.137. The third kappa shape index (κ3) is 6.60. The maximum atomic E-state index is 11.9. The molecule has 3 rings (SSSR count). The van der Waals surface area contributed by atoms with Gasteiger partial charge in [-0.25, -0.2) is 0 Å². The van der Waals surface area contributed by atoms with E-state index in [0.29, 0.717) is 6.54 Å². The molecular formula is C22H33N3O3. The Labute approximate surface area is 168 Å². The van der Waals surface area contributed by atoms with Gasteiger partial charge in [-0.05, 0) is 37.8 Å². The zero-order chi connectivity index (χ0) is 19.6. The molecule has 6 heteroatoms. The highest BCUT2D eigenvalue weighted by Crippen LogP contribution is 2.22. The Hall–Kier alpha value is -1.92. The number of morpholine rings is 1. The van der Waals surface area contributed by atoms with Gasteiger partial charge in [-0.3, -0.25) is 14.5 Å². The Balaban J connectivity index is 1.28. The average molecular weight is 388 g/mol. The van der Waals surface area contributed by atoms with Crippen LogP contribution < -0.4 is 10.6 Å². The molecule has 2 fully saturated rings. The SMILES string of the molecule is O=C(NCCCCN1CCO[C@@H](c2ccccc2)C1)C(=O)NC1CCCCC1. The predicted molar refractivity (Wildman–Crippen MR) is 109 cm³/mol. The van der Waals surface area contributed by atoms with Gasteiger partial charge < -0.3 is 15.4 Å². The van der Waals surface area contributed by atoms with E-state index in [1.54, 1.807) is 0 Å². The molecule has 1 aromatic rings. The monoisotopic (exact) mass is 387 g/mol. The summed E-state index contributed by atoms with van der Waals surface area (Å²) in [6.45, 7) is 4.12. The van der Waals surface area contributed by atoms with Gasteiger partial charge in [-0.15, -0.1) is 0 Å². The molecule has 0 aromatic heterocycles. The summed E-state index contributed by atoms with van der Waals surface area (Å²) in [6.07, 6.45) is 7.48. The van der Waals surface area contributed by atoms with Gasteiger partial charge >= 0.3 is 11.8 Å². The second-order valence-electron chi connectivity index (χ2n) is 7.84. The van der Waals surface area contributed by atoms with E-state index in [9.17, 15) is 9.59 Å². The number of nitrogens with one attached hydrogen (secondary N) is 2. The van der Waals surface area contributed by atoms with Crippen LogP contribution in [-0.4, -0.2) is 55.5 Å². The summed E-state index contributed by atoms with van der Waals surface area (Å²) < 4.78 is 5.90. The van der Waals surface area contributed by atoms with Crippen LogP contribution in [0.4, 0.5) is 0 Å². The second kappa shape index (κ2) is 11.2. The minimum Gasteiger partial charge on any atom is -0.371 e. The third-order valence-electron chi connectivity index (χ3n) is 5.66. The highest BCUT2D eigenvalue weighted by Gasteiger charge is 2.22. The molecule has 0 spiro atoms. The van der Waals surface area contributed by atoms with Crippen LogP contribution in [0, 0.1) is 0 Å². The van der Waals surface area contributed by atoms with Crippen LogP contribution >= 0.6 is 0 Å². The molecule has 1 aliphatic heterocycles. The topological polar surface area (TPSA) is 70.7 Å². The molecule has 1 heterocycles. The first-order chi connectivity index (χ1) is 13.7. The summed E-state index contributed by atoms with van der Waals surface area (Å²) in [5.41, 5.74) is 1.23. The zero-order valence-electron chi connectivity index (χ0n) is 16.7. The summed E-state index contributed by atoms with van der Waals surface area (Å²) in [5.74, 6) is -0.980. The Morgan fingerprint density at radius 1 is 1.04 bits per heavy atom. The van der Waals surface area contributed by atoms with Crippen LogP contribution in [0.3, 0.4) is 0 Å². The normalized spacial score (nSPS) is 21.2. The average Bonchev–Trinajstić information content (AvgIpc) is 2.75. The van der Waals surface area contributed by atoms with E-state index in [0.717, 1.165) is 64.8 Å². The number of carbonyl (C=O) groups excluding carboxylic acids is 2. The standard InChI is InChI=1S/C22H33N3O3/c26-21(22(27)24-19-11-5-2-6-12-19)23-13-7-8-14-25-15-16-28-20(17-25)18-9-3-1-4-10-18/h1,3-4,9-10,19-20H,2,5-8,11-17H2,(H,23,26)(H,24,27)/t20-/m1/s1. The summed E-state index contributed by atoms with van der Waals surface area (Å²) in [5, 5.41) is 5.61. The van der Waals surface area contributed by atoms with E-state index in [-0.39, 0.29) is 12.1 Å². The van der Waals surface area contributed by atoms with Crippen molar-refractivity contribution >= 4 is 11.8 Å². The van der Waals surface area contributed by atoms with Crippen LogP contribution in [0.5, 0.6) is 0 Å². The fraction of sp³-hybridized carbons (Fsp3) is 0.636. The molecule has 1 aliphatic carbocycles. The van der Waals surface area contributed by atoms with E-state index in [1.165, 1.54) is 12.0 Å². The van der Waals surface area contributed by atoms with Crippen molar-refractivity contribution < 1.29 is 14.3 Å². The van der Waals surface area contributed by atoms with Gasteiger partial charge in [-0.1, -0.05) is 49.6 Å². The van der Waals surface area contributed by atoms with Crippen molar-refractivity contribution in [2.75, 3.05) is 32.8 Å². The Morgan fingerprint density at radius 3 is 2.61 bits per heavy atom. The summed E-state index contributed by atoms with van der Waals surface area (Å²) in [6, 6.07) is 10.5. The number of benzene rings is 1. The Bertz CT molecular complexity index is 617. The number of hydrogen-bond donors (Lipinski definition) is 2. The minimum atomic E-state index is -0.499. The number of ether oxygens (including phenoxy) is 1. The Morgan fingerprint density at radius 2 is 1.82 bits per heavy atom. The second-order valence-corrected chi connectivity index (χ2v) is 7.84. The summed E-state index contributed by atoms with van der Waals surface area (Å²) >= 11 is 0. The number of nitrogens with zero attached hydrogens (tertiary/aromatic N) is 1. The number of carbonyl (C=O) groups is 2. The lowest BCUT2D eigenvalue weighted by atomic mass is 9.95. The molecule has 2 aliphatic rings. The molecule has 0 bridgehead atoms. The molecule has 6 nitrogen and oxygen atoms in total. The summed E-state index contributed by atoms with van der Waals surface area (Å²) in [7, 11) is 0. The van der Waals surface area contributed by atoms with Crippen LogP contribution in [0.1, 0.15) is 56.6 Å². The van der Waals surface area contributed by atoms with Crippen LogP contribution in [0.2, 0.25) is 0 Å². The summed E-state index contributed by atoms with van der Waals surface area (Å²) in [4.78, 5) is 26.3. The van der Waals surface area contributed by atoms with Gasteiger partial charge in [0.25, 0.3) is 0 Å². The van der Waals surface area contributed by atoms with E-state index in [1.807, 2.05) is 18.2 Å². The predicted octanol–water partition coefficient (Wildman–Crippen LogP) is 2.41. The first kappa shape index (κ1) is 20.8. The van der Waals surface area contributed by atoms with Crippen LogP contribution in [0.25, 0.3) is 0 Å². The van der Waals surface area contributed by atoms with Crippen LogP contribution in [0.15, 0.2) is 30.3 Å². The van der Waals surface area contributed by atoms with Gasteiger partial charge in [0.1, 0.15) is 0 Å². The molecule has 0 unspecified atom stereocenters. The van der Waals surface area contributed by atoms with Crippen LogP contribution in [-0.2, 0) is 14.3 Å². The highest BCUT2D eigenvalue weighted by molar-refractivity contribution is 6.35. The lowest BCUT2D eigenvalue weighted by Gasteiger charge is -2.33. The van der Waals surface area contributed by atoms with E-state index in [4.69, 9.17) is 4.74 Å². The zero-order valence-corrected chi connectivity index (χ0v) is 16.7. The lowest BCUT2D eigenvalue weighted by molar-refractivity contribution is -0.139. The van der Waals surface area contributed by atoms with Crippen molar-refractivity contribution in [3.8, 4) is 0 Å². The van der Waals surface area contributed by atoms with E-state index >= 15 is 0 Å². The largest absolute Gasteiger partial charge is 0.371 e. The van der Waals surface area contributed by atoms with Crippen molar-refractivity contribution in [1.29, 1.82) is 0 Å². The molecule has 1 saturated carbocycles. The Kier molecular flexibility index (Phi) is 8.30. The molecule has 2 N–H and O–H groups in total. The van der Waals surface area contributed by atoms with Crippen molar-refractivity contribution in [2.24, 2.45) is 0 Å². The smallest absolute Gasteiger partial charge is 0.309 e. The first-order valence-electron chi connectivity index (χ1n) is 10.7. The van der Waals surface area contributed by atoms with Crippen molar-refractivity contribution in [1.82, 2.24) is 15.5 Å². The third-order valence-corrected chi connectivity index (χ3v) is 5.66. The van der Waals surface area contributed by atoms with Gasteiger partial charge in [-0.2, -0.15) is 0 Å².